The smallest absolute Gasteiger partial charge is 0.822 e. The van der Waals surface area contributed by atoms with Crippen LogP contribution < -0.4 is 29.4 Å². The van der Waals surface area contributed by atoms with E-state index < -0.39 is 15.6 Å². The summed E-state index contributed by atoms with van der Waals surface area (Å²) < 4.78 is 17.1. The van der Waals surface area contributed by atoms with E-state index in [1.807, 2.05) is 0 Å². The van der Waals surface area contributed by atoms with E-state index >= 15 is 0 Å². The third-order valence-corrected chi connectivity index (χ3v) is 0. The fourth-order valence-corrected chi connectivity index (χ4v) is 0. The molecule has 0 unspecified atom stereocenters. The van der Waals surface area contributed by atoms with Crippen molar-refractivity contribution in [3.8, 4) is 0 Å². The monoisotopic (exact) mass is 302 g/mol. The van der Waals surface area contributed by atoms with Gasteiger partial charge in [0.15, 0.2) is 0 Å². The van der Waals surface area contributed by atoms with Crippen molar-refractivity contribution >= 4 is 15.6 Å². The van der Waals surface area contributed by atoms with Gasteiger partial charge in [-0.25, -0.2) is 0 Å². The second-order valence-electron chi connectivity index (χ2n) is 0.894. The molecule has 0 aromatic heterocycles. The number of hydrogen-bond acceptors (Lipinski definition) is 8. The number of phosphoric acid groups is 2. The zero-order chi connectivity index (χ0) is 9.00. The van der Waals surface area contributed by atoms with Crippen molar-refractivity contribution in [2.24, 2.45) is 0 Å². The molecular formula is Fe2O8P2. The van der Waals surface area contributed by atoms with Crippen molar-refractivity contribution in [3.63, 3.8) is 0 Å². The van der Waals surface area contributed by atoms with E-state index in [0.29, 0.717) is 0 Å². The van der Waals surface area contributed by atoms with Gasteiger partial charge in [-0.1, -0.05) is 0 Å². The minimum atomic E-state index is -5.39. The Kier molecular flexibility index (Phi) is 17.1. The molecule has 2 radical (unpaired) electrons. The molecule has 0 amide bonds. The third-order valence-electron chi connectivity index (χ3n) is 0. The summed E-state index contributed by atoms with van der Waals surface area (Å²) in [4.78, 5) is 51.3. The van der Waals surface area contributed by atoms with E-state index in [-0.39, 0.29) is 34.1 Å². The molecule has 74 valence electrons. The predicted molar refractivity (Wildman–Crippen MR) is 15.2 cm³/mol. The Hall–Kier alpha value is 1.26. The Bertz CT molecular complexity index is 127. The second kappa shape index (κ2) is 8.84. The Labute approximate surface area is 88.4 Å². The summed E-state index contributed by atoms with van der Waals surface area (Å²) in [5.41, 5.74) is 0. The molecule has 0 fully saturated rings. The molecule has 0 heterocycles. The zero-order valence-electron chi connectivity index (χ0n) is 4.87. The molecule has 8 nitrogen and oxygen atoms in total. The molecular weight excluding hydrogens is 302 g/mol. The predicted octanol–water partition coefficient (Wildman–Crippen LogP) is -5.65. The van der Waals surface area contributed by atoms with Crippen LogP contribution in [0.5, 0.6) is 0 Å². The quantitative estimate of drug-likeness (QED) is 0.314. The maximum absolute atomic E-state index is 8.55. The van der Waals surface area contributed by atoms with Crippen molar-refractivity contribution in [1.29, 1.82) is 0 Å². The van der Waals surface area contributed by atoms with Crippen LogP contribution in [0, 0.1) is 0 Å². The van der Waals surface area contributed by atoms with Crippen LogP contribution in [0.2, 0.25) is 0 Å². The molecule has 0 rings (SSSR count). The summed E-state index contributed by atoms with van der Waals surface area (Å²) in [6.07, 6.45) is 0. The average Bonchev–Trinajstić information content (AvgIpc) is 1.12. The largest absolute Gasteiger partial charge is 3.00 e. The summed E-state index contributed by atoms with van der Waals surface area (Å²) in [7, 11) is -10.8. The molecule has 0 spiro atoms. The molecule has 0 aromatic carbocycles. The molecule has 0 saturated heterocycles. The number of hydrogen-bond donors (Lipinski definition) is 0. The van der Waals surface area contributed by atoms with Gasteiger partial charge in [0.2, 0.25) is 0 Å². The van der Waals surface area contributed by atoms with Crippen LogP contribution in [0.4, 0.5) is 0 Å². The van der Waals surface area contributed by atoms with Crippen molar-refractivity contribution in [2.45, 2.75) is 0 Å². The maximum atomic E-state index is 8.55. The maximum Gasteiger partial charge on any atom is 3.00 e. The fraction of sp³-hybridized carbons (Fsp3) is 0. The molecule has 0 bridgehead atoms. The van der Waals surface area contributed by atoms with Crippen LogP contribution in [0.25, 0.3) is 0 Å². The topological polar surface area (TPSA) is 172 Å². The second-order valence-corrected chi connectivity index (χ2v) is 2.68. The summed E-state index contributed by atoms with van der Waals surface area (Å²) in [6, 6.07) is 0. The van der Waals surface area contributed by atoms with Gasteiger partial charge < -0.3 is 38.5 Å². The van der Waals surface area contributed by atoms with Crippen LogP contribution in [0.3, 0.4) is 0 Å². The number of rotatable bonds is 0. The van der Waals surface area contributed by atoms with E-state index in [1.54, 1.807) is 0 Å². The molecule has 0 aliphatic heterocycles. The van der Waals surface area contributed by atoms with E-state index in [4.69, 9.17) is 38.5 Å². The van der Waals surface area contributed by atoms with Gasteiger partial charge in [-0.3, -0.25) is 0 Å². The van der Waals surface area contributed by atoms with Gasteiger partial charge in [0.1, 0.15) is 0 Å². The molecule has 0 saturated carbocycles. The van der Waals surface area contributed by atoms with Crippen molar-refractivity contribution in [2.75, 3.05) is 0 Å². The molecule has 0 aromatic rings. The van der Waals surface area contributed by atoms with Gasteiger partial charge in [-0.05, 0) is 0 Å². The molecule has 12 heteroatoms. The first-order valence-electron chi connectivity index (χ1n) is 1.46. The van der Waals surface area contributed by atoms with E-state index in [1.165, 1.54) is 0 Å². The van der Waals surface area contributed by atoms with Gasteiger partial charge in [-0.2, -0.15) is 15.6 Å². The Morgan fingerprint density at radius 2 is 0.583 bits per heavy atom. The summed E-state index contributed by atoms with van der Waals surface area (Å²) >= 11 is 0. The van der Waals surface area contributed by atoms with E-state index in [2.05, 4.69) is 0 Å². The average molecular weight is 302 g/mol. The zero-order valence-corrected chi connectivity index (χ0v) is 8.86. The van der Waals surface area contributed by atoms with Gasteiger partial charge in [0.25, 0.3) is 0 Å². The molecule has 0 atom stereocenters. The minimum absolute atomic E-state index is 0. The van der Waals surface area contributed by atoms with Crippen LogP contribution in [0.1, 0.15) is 0 Å². The Morgan fingerprint density at radius 1 is 0.583 bits per heavy atom. The summed E-state index contributed by atoms with van der Waals surface area (Å²) in [5, 5.41) is 0. The van der Waals surface area contributed by atoms with Crippen molar-refractivity contribution in [1.82, 2.24) is 0 Å². The summed E-state index contributed by atoms with van der Waals surface area (Å²) in [6.45, 7) is 0. The SMILES string of the molecule is O=P([O-])([O-])[O-].O=P([O-])([O-])[O-].[Fe+3].[Fe+3]. The first-order valence-corrected chi connectivity index (χ1v) is 4.38. The van der Waals surface area contributed by atoms with Crippen molar-refractivity contribution < 1.29 is 72.6 Å². The fourth-order valence-electron chi connectivity index (χ4n) is 0. The summed E-state index contributed by atoms with van der Waals surface area (Å²) in [5.74, 6) is 0. The van der Waals surface area contributed by atoms with E-state index in [0.717, 1.165) is 0 Å². The van der Waals surface area contributed by atoms with Gasteiger partial charge in [0.05, 0.1) is 0 Å². The molecule has 0 N–H and O–H groups in total. The van der Waals surface area contributed by atoms with E-state index in [9.17, 15) is 0 Å². The standard InChI is InChI=1S/2Fe.2H3O4P/c;;2*1-5(2,3)4/h;;2*(H3,1,2,3,4)/q2*+3;;/p-6. The van der Waals surface area contributed by atoms with Gasteiger partial charge in [-0.15, -0.1) is 0 Å². The first kappa shape index (κ1) is 23.2. The first-order chi connectivity index (χ1) is 4.00. The van der Waals surface area contributed by atoms with Crippen LogP contribution >= 0.6 is 15.6 Å². The van der Waals surface area contributed by atoms with Gasteiger partial charge >= 0.3 is 34.1 Å². The van der Waals surface area contributed by atoms with Crippen molar-refractivity contribution in [3.05, 3.63) is 0 Å². The Balaban J connectivity index is -0.0000000457. The molecule has 12 heavy (non-hydrogen) atoms. The van der Waals surface area contributed by atoms with Gasteiger partial charge in [0, 0.05) is 0 Å². The minimum Gasteiger partial charge on any atom is -0.822 e. The molecule has 0 aliphatic rings. The Morgan fingerprint density at radius 3 is 0.583 bits per heavy atom. The van der Waals surface area contributed by atoms with Crippen LogP contribution in [-0.2, 0) is 43.3 Å². The van der Waals surface area contributed by atoms with Crippen LogP contribution in [-0.4, -0.2) is 0 Å². The van der Waals surface area contributed by atoms with Crippen LogP contribution in [0.15, 0.2) is 0 Å². The molecule has 0 aliphatic carbocycles. The normalized spacial score (nSPS) is 9.83. The third kappa shape index (κ3) is 748.